The number of nitrogens with two attached hydrogens (primary N) is 1. The molecule has 0 spiro atoms. The van der Waals surface area contributed by atoms with E-state index < -0.39 is 0 Å². The molecule has 2 N–H and O–H groups in total. The lowest BCUT2D eigenvalue weighted by atomic mass is 10.1. The van der Waals surface area contributed by atoms with Gasteiger partial charge in [0.05, 0.1) is 6.33 Å². The molecule has 1 atom stereocenters. The quantitative estimate of drug-likeness (QED) is 0.553. The second kappa shape index (κ2) is 2.09. The first-order valence-corrected chi connectivity index (χ1v) is 3.61. The number of fused-ring (bicyclic) bond motifs is 1. The highest BCUT2D eigenvalue weighted by Crippen LogP contribution is 2.11. The molecule has 10 heavy (non-hydrogen) atoms. The Balaban J connectivity index is 2.30. The molecule has 3 heteroatoms. The summed E-state index contributed by atoms with van der Waals surface area (Å²) in [6.45, 7) is 0.940. The highest BCUT2D eigenvalue weighted by atomic mass is 15.1. The minimum atomic E-state index is 0.335. The summed E-state index contributed by atoms with van der Waals surface area (Å²) in [7, 11) is 0. The zero-order chi connectivity index (χ0) is 6.97. The van der Waals surface area contributed by atoms with Crippen LogP contribution >= 0.6 is 0 Å². The van der Waals surface area contributed by atoms with E-state index in [1.54, 1.807) is 0 Å². The van der Waals surface area contributed by atoms with E-state index in [-0.39, 0.29) is 0 Å². The number of aryl methyl sites for hydroxylation is 1. The Bertz CT molecular complexity index is 229. The van der Waals surface area contributed by atoms with Gasteiger partial charge in [-0.2, -0.15) is 0 Å². The normalized spacial score (nSPS) is 24.3. The second-order valence-corrected chi connectivity index (χ2v) is 2.84. The van der Waals surface area contributed by atoms with E-state index >= 15 is 0 Å². The molecule has 2 heterocycles. The second-order valence-electron chi connectivity index (χ2n) is 2.84. The smallest absolute Gasteiger partial charge is 0.0948 e. The molecule has 0 radical (unpaired) electrons. The van der Waals surface area contributed by atoms with Gasteiger partial charge in [0.2, 0.25) is 0 Å². The molecule has 0 unspecified atom stereocenters. The van der Waals surface area contributed by atoms with Gasteiger partial charge in [0.15, 0.2) is 0 Å². The van der Waals surface area contributed by atoms with Crippen molar-refractivity contribution in [2.75, 3.05) is 0 Å². The maximum absolute atomic E-state index is 5.76. The standard InChI is InChI=1S/C7H11N3/c8-6-1-2-7-3-9-5-10(7)4-6/h3,5-6H,1-2,4,8H2/t6-/m1/s1. The van der Waals surface area contributed by atoms with Gasteiger partial charge >= 0.3 is 0 Å². The Kier molecular flexibility index (Phi) is 1.24. The summed E-state index contributed by atoms with van der Waals surface area (Å²) in [6, 6.07) is 0.335. The van der Waals surface area contributed by atoms with Gasteiger partial charge in [-0.05, 0) is 12.8 Å². The molecule has 0 aromatic carbocycles. The van der Waals surface area contributed by atoms with E-state index in [0.717, 1.165) is 19.4 Å². The van der Waals surface area contributed by atoms with Crippen molar-refractivity contribution < 1.29 is 0 Å². The number of imidazole rings is 1. The number of hydrogen-bond donors (Lipinski definition) is 1. The van der Waals surface area contributed by atoms with Crippen molar-refractivity contribution in [1.29, 1.82) is 0 Å². The lowest BCUT2D eigenvalue weighted by Gasteiger charge is -2.19. The van der Waals surface area contributed by atoms with E-state index in [9.17, 15) is 0 Å². The molecular weight excluding hydrogens is 126 g/mol. The van der Waals surface area contributed by atoms with Crippen molar-refractivity contribution in [2.45, 2.75) is 25.4 Å². The topological polar surface area (TPSA) is 43.8 Å². The van der Waals surface area contributed by atoms with Crippen molar-refractivity contribution in [1.82, 2.24) is 9.55 Å². The fourth-order valence-corrected chi connectivity index (χ4v) is 1.40. The average Bonchev–Trinajstić information content (AvgIpc) is 2.33. The van der Waals surface area contributed by atoms with Gasteiger partial charge < -0.3 is 10.3 Å². The minimum absolute atomic E-state index is 0.335. The molecule has 54 valence electrons. The van der Waals surface area contributed by atoms with Crippen LogP contribution in [-0.4, -0.2) is 15.6 Å². The third-order valence-electron chi connectivity index (χ3n) is 2.00. The monoisotopic (exact) mass is 137 g/mol. The zero-order valence-electron chi connectivity index (χ0n) is 5.83. The van der Waals surface area contributed by atoms with Gasteiger partial charge in [0.25, 0.3) is 0 Å². The van der Waals surface area contributed by atoms with Crippen LogP contribution in [-0.2, 0) is 13.0 Å². The summed E-state index contributed by atoms with van der Waals surface area (Å²) in [5, 5.41) is 0. The van der Waals surface area contributed by atoms with E-state index in [1.165, 1.54) is 5.69 Å². The van der Waals surface area contributed by atoms with Gasteiger partial charge in [-0.3, -0.25) is 0 Å². The van der Waals surface area contributed by atoms with Crippen LogP contribution in [0.2, 0.25) is 0 Å². The molecule has 0 bridgehead atoms. The van der Waals surface area contributed by atoms with Crippen molar-refractivity contribution in [2.24, 2.45) is 5.73 Å². The van der Waals surface area contributed by atoms with Gasteiger partial charge in [0, 0.05) is 24.5 Å². The number of rotatable bonds is 0. The maximum atomic E-state index is 5.76. The fourth-order valence-electron chi connectivity index (χ4n) is 1.40. The number of hydrogen-bond acceptors (Lipinski definition) is 2. The predicted molar refractivity (Wildman–Crippen MR) is 38.5 cm³/mol. The van der Waals surface area contributed by atoms with E-state index in [1.807, 2.05) is 12.5 Å². The maximum Gasteiger partial charge on any atom is 0.0948 e. The summed E-state index contributed by atoms with van der Waals surface area (Å²) in [4.78, 5) is 4.05. The molecule has 0 aliphatic carbocycles. The summed E-state index contributed by atoms with van der Waals surface area (Å²) in [5.41, 5.74) is 7.08. The molecule has 2 rings (SSSR count). The van der Waals surface area contributed by atoms with Crippen molar-refractivity contribution in [3.63, 3.8) is 0 Å². The first-order valence-electron chi connectivity index (χ1n) is 3.61. The average molecular weight is 137 g/mol. The minimum Gasteiger partial charge on any atom is -0.333 e. The first kappa shape index (κ1) is 5.92. The molecule has 0 saturated carbocycles. The van der Waals surface area contributed by atoms with Crippen LogP contribution in [0.1, 0.15) is 12.1 Å². The molecule has 1 aromatic rings. The third kappa shape index (κ3) is 0.827. The van der Waals surface area contributed by atoms with Crippen LogP contribution in [0.3, 0.4) is 0 Å². The van der Waals surface area contributed by atoms with E-state index in [0.29, 0.717) is 6.04 Å². The number of aromatic nitrogens is 2. The van der Waals surface area contributed by atoms with Crippen LogP contribution in [0, 0.1) is 0 Å². The molecule has 1 aliphatic heterocycles. The SMILES string of the molecule is N[C@@H]1CCc2cncn2C1. The number of nitrogens with zero attached hydrogens (tertiary/aromatic N) is 2. The molecule has 3 nitrogen and oxygen atoms in total. The lowest BCUT2D eigenvalue weighted by molar-refractivity contribution is 0.460. The predicted octanol–water partition coefficient (Wildman–Crippen LogP) is 0.157. The van der Waals surface area contributed by atoms with Crippen molar-refractivity contribution >= 4 is 0 Å². The molecule has 1 aliphatic rings. The summed E-state index contributed by atoms with van der Waals surface area (Å²) in [6.07, 6.45) is 5.97. The Morgan fingerprint density at radius 2 is 2.60 bits per heavy atom. The van der Waals surface area contributed by atoms with Gasteiger partial charge in [-0.1, -0.05) is 0 Å². The van der Waals surface area contributed by atoms with Gasteiger partial charge in [-0.25, -0.2) is 4.98 Å². The fraction of sp³-hybridized carbons (Fsp3) is 0.571. The Hall–Kier alpha value is -0.830. The van der Waals surface area contributed by atoms with E-state index in [4.69, 9.17) is 5.73 Å². The Morgan fingerprint density at radius 3 is 3.50 bits per heavy atom. The Morgan fingerprint density at radius 1 is 1.70 bits per heavy atom. The third-order valence-corrected chi connectivity index (χ3v) is 2.00. The van der Waals surface area contributed by atoms with E-state index in [2.05, 4.69) is 9.55 Å². The highest BCUT2D eigenvalue weighted by Gasteiger charge is 2.13. The van der Waals surface area contributed by atoms with Crippen LogP contribution in [0.15, 0.2) is 12.5 Å². The van der Waals surface area contributed by atoms with Crippen molar-refractivity contribution in [3.05, 3.63) is 18.2 Å². The molecule has 0 saturated heterocycles. The van der Waals surface area contributed by atoms with Gasteiger partial charge in [0.1, 0.15) is 0 Å². The summed E-state index contributed by atoms with van der Waals surface area (Å²) in [5.74, 6) is 0. The first-order chi connectivity index (χ1) is 4.86. The van der Waals surface area contributed by atoms with Crippen LogP contribution in [0.4, 0.5) is 0 Å². The van der Waals surface area contributed by atoms with Gasteiger partial charge in [-0.15, -0.1) is 0 Å². The van der Waals surface area contributed by atoms with Crippen molar-refractivity contribution in [3.8, 4) is 0 Å². The molecular formula is C7H11N3. The van der Waals surface area contributed by atoms with Crippen LogP contribution in [0.5, 0.6) is 0 Å². The van der Waals surface area contributed by atoms with Crippen LogP contribution < -0.4 is 5.73 Å². The largest absolute Gasteiger partial charge is 0.333 e. The lowest BCUT2D eigenvalue weighted by Crippen LogP contribution is -2.31. The van der Waals surface area contributed by atoms with Crippen LogP contribution in [0.25, 0.3) is 0 Å². The highest BCUT2D eigenvalue weighted by molar-refractivity contribution is 5.02. The molecule has 0 fully saturated rings. The zero-order valence-corrected chi connectivity index (χ0v) is 5.83. The summed E-state index contributed by atoms with van der Waals surface area (Å²) >= 11 is 0. The Labute approximate surface area is 59.9 Å². The molecule has 0 amide bonds. The summed E-state index contributed by atoms with van der Waals surface area (Å²) < 4.78 is 2.13. The molecule has 1 aromatic heterocycles.